The van der Waals surface area contributed by atoms with Crippen molar-refractivity contribution in [3.05, 3.63) is 40.1 Å². The average Bonchev–Trinajstić information content (AvgIpc) is 2.55. The fourth-order valence-corrected chi connectivity index (χ4v) is 3.19. The quantitative estimate of drug-likeness (QED) is 0.751. The predicted octanol–water partition coefficient (Wildman–Crippen LogP) is 3.75. The topological polar surface area (TPSA) is 49.4 Å². The van der Waals surface area contributed by atoms with E-state index in [1.165, 1.54) is 18.2 Å². The normalized spacial score (nSPS) is 15.8. The molecule has 6 heteroatoms. The zero-order valence-electron chi connectivity index (χ0n) is 14.6. The van der Waals surface area contributed by atoms with Crippen molar-refractivity contribution in [3.63, 3.8) is 0 Å². The van der Waals surface area contributed by atoms with Gasteiger partial charge in [0.2, 0.25) is 11.8 Å². The third-order valence-corrected chi connectivity index (χ3v) is 4.64. The molecule has 1 fully saturated rings. The van der Waals surface area contributed by atoms with Crippen LogP contribution in [-0.4, -0.2) is 35.8 Å². The van der Waals surface area contributed by atoms with Crippen LogP contribution < -0.4 is 5.32 Å². The van der Waals surface area contributed by atoms with Crippen molar-refractivity contribution >= 4 is 33.8 Å². The number of hydrogen-bond donors (Lipinski definition) is 1. The van der Waals surface area contributed by atoms with E-state index in [1.807, 2.05) is 18.7 Å². The standard InChI is InChI=1S/C19H24BrFN2O2/c1-13(2)11-19(25)23-9-7-16(8-10-23)22-18(24)6-3-14-12-15(20)4-5-17(14)21/h3-6,12-13,16H,7-11H2,1-2H3,(H,22,24)/b6-3-. The van der Waals surface area contributed by atoms with Crippen LogP contribution in [-0.2, 0) is 9.59 Å². The van der Waals surface area contributed by atoms with E-state index in [0.29, 0.717) is 31.0 Å². The van der Waals surface area contributed by atoms with Crippen LogP contribution in [0, 0.1) is 11.7 Å². The van der Waals surface area contributed by atoms with E-state index < -0.39 is 0 Å². The Morgan fingerprint density at radius 2 is 2.04 bits per heavy atom. The molecule has 0 saturated carbocycles. The van der Waals surface area contributed by atoms with Crippen LogP contribution >= 0.6 is 15.9 Å². The van der Waals surface area contributed by atoms with Gasteiger partial charge in [-0.1, -0.05) is 29.8 Å². The molecule has 2 amide bonds. The van der Waals surface area contributed by atoms with Crippen molar-refractivity contribution in [2.75, 3.05) is 13.1 Å². The Morgan fingerprint density at radius 3 is 2.68 bits per heavy atom. The first-order valence-corrected chi connectivity index (χ1v) is 9.36. The zero-order valence-corrected chi connectivity index (χ0v) is 16.2. The summed E-state index contributed by atoms with van der Waals surface area (Å²) in [6.07, 6.45) is 4.87. The van der Waals surface area contributed by atoms with Crippen LogP contribution in [0.3, 0.4) is 0 Å². The fraction of sp³-hybridized carbons (Fsp3) is 0.474. The van der Waals surface area contributed by atoms with Gasteiger partial charge in [-0.15, -0.1) is 0 Å². The van der Waals surface area contributed by atoms with Gasteiger partial charge in [-0.2, -0.15) is 0 Å². The summed E-state index contributed by atoms with van der Waals surface area (Å²) in [6.45, 7) is 5.40. The van der Waals surface area contributed by atoms with Crippen molar-refractivity contribution in [2.24, 2.45) is 5.92 Å². The molecule has 0 bridgehead atoms. The molecule has 0 aromatic heterocycles. The van der Waals surface area contributed by atoms with Gasteiger partial charge < -0.3 is 10.2 Å². The molecule has 25 heavy (non-hydrogen) atoms. The number of benzene rings is 1. The minimum Gasteiger partial charge on any atom is -0.350 e. The summed E-state index contributed by atoms with van der Waals surface area (Å²) in [6, 6.07) is 4.64. The minimum absolute atomic E-state index is 0.0487. The zero-order chi connectivity index (χ0) is 18.4. The molecule has 1 aromatic carbocycles. The maximum Gasteiger partial charge on any atom is 0.244 e. The summed E-state index contributed by atoms with van der Waals surface area (Å²) in [4.78, 5) is 25.9. The predicted molar refractivity (Wildman–Crippen MR) is 100 cm³/mol. The van der Waals surface area contributed by atoms with E-state index in [1.54, 1.807) is 12.1 Å². The second kappa shape index (κ2) is 9.13. The summed E-state index contributed by atoms with van der Waals surface area (Å²) in [7, 11) is 0. The Balaban J connectivity index is 1.81. The highest BCUT2D eigenvalue weighted by Gasteiger charge is 2.23. The third kappa shape index (κ3) is 6.27. The van der Waals surface area contributed by atoms with E-state index in [2.05, 4.69) is 21.2 Å². The molecule has 1 saturated heterocycles. The molecule has 1 aliphatic rings. The van der Waals surface area contributed by atoms with Gasteiger partial charge >= 0.3 is 0 Å². The highest BCUT2D eigenvalue weighted by Crippen LogP contribution is 2.17. The first-order chi connectivity index (χ1) is 11.8. The molecule has 1 N–H and O–H groups in total. The number of halogens is 2. The van der Waals surface area contributed by atoms with Gasteiger partial charge in [0.15, 0.2) is 0 Å². The molecule has 0 spiro atoms. The van der Waals surface area contributed by atoms with Crippen LogP contribution in [0.25, 0.3) is 6.08 Å². The van der Waals surface area contributed by atoms with E-state index in [-0.39, 0.29) is 23.7 Å². The molecule has 0 aliphatic carbocycles. The second-order valence-electron chi connectivity index (χ2n) is 6.76. The van der Waals surface area contributed by atoms with Crippen molar-refractivity contribution < 1.29 is 14.0 Å². The number of rotatable bonds is 5. The summed E-state index contributed by atoms with van der Waals surface area (Å²) < 4.78 is 14.4. The fourth-order valence-electron chi connectivity index (χ4n) is 2.81. The Kier molecular flexibility index (Phi) is 7.17. The number of nitrogens with zero attached hydrogens (tertiary/aromatic N) is 1. The third-order valence-electron chi connectivity index (χ3n) is 4.15. The number of piperidine rings is 1. The molecular weight excluding hydrogens is 387 g/mol. The molecule has 1 aliphatic heterocycles. The second-order valence-corrected chi connectivity index (χ2v) is 7.68. The van der Waals surface area contributed by atoms with E-state index in [9.17, 15) is 14.0 Å². The number of hydrogen-bond acceptors (Lipinski definition) is 2. The maximum absolute atomic E-state index is 13.6. The van der Waals surface area contributed by atoms with Crippen molar-refractivity contribution in [3.8, 4) is 0 Å². The van der Waals surface area contributed by atoms with Crippen molar-refractivity contribution in [1.82, 2.24) is 10.2 Å². The van der Waals surface area contributed by atoms with Crippen LogP contribution in [0.1, 0.15) is 38.7 Å². The molecule has 0 radical (unpaired) electrons. The Morgan fingerprint density at radius 1 is 1.36 bits per heavy atom. The first-order valence-electron chi connectivity index (χ1n) is 8.56. The lowest BCUT2D eigenvalue weighted by Crippen LogP contribution is -2.46. The van der Waals surface area contributed by atoms with Gasteiger partial charge in [0, 0.05) is 41.7 Å². The van der Waals surface area contributed by atoms with Gasteiger partial charge in [0.05, 0.1) is 0 Å². The lowest BCUT2D eigenvalue weighted by molar-refractivity contribution is -0.133. The number of carbonyl (C=O) groups is 2. The molecule has 0 unspecified atom stereocenters. The highest BCUT2D eigenvalue weighted by atomic mass is 79.9. The Bertz CT molecular complexity index is 653. The smallest absolute Gasteiger partial charge is 0.244 e. The molecule has 1 heterocycles. The van der Waals surface area contributed by atoms with Gasteiger partial charge in [0.1, 0.15) is 5.82 Å². The first kappa shape index (κ1) is 19.6. The number of nitrogens with one attached hydrogen (secondary N) is 1. The summed E-state index contributed by atoms with van der Waals surface area (Å²) in [5.74, 6) is -0.0751. The lowest BCUT2D eigenvalue weighted by atomic mass is 10.0. The molecule has 1 aromatic rings. The maximum atomic E-state index is 13.6. The Hall–Kier alpha value is -1.69. The van der Waals surface area contributed by atoms with Crippen LogP contribution in [0.2, 0.25) is 0 Å². The van der Waals surface area contributed by atoms with Gasteiger partial charge in [0.25, 0.3) is 0 Å². The van der Waals surface area contributed by atoms with Crippen molar-refractivity contribution in [1.29, 1.82) is 0 Å². The average molecular weight is 411 g/mol. The summed E-state index contributed by atoms with van der Waals surface area (Å²) in [5.41, 5.74) is 0.360. The summed E-state index contributed by atoms with van der Waals surface area (Å²) in [5, 5.41) is 2.93. The van der Waals surface area contributed by atoms with Gasteiger partial charge in [-0.25, -0.2) is 4.39 Å². The number of amides is 2. The molecular formula is C19H24BrFN2O2. The molecule has 0 atom stereocenters. The lowest BCUT2D eigenvalue weighted by Gasteiger charge is -2.32. The highest BCUT2D eigenvalue weighted by molar-refractivity contribution is 9.10. The van der Waals surface area contributed by atoms with Crippen LogP contribution in [0.4, 0.5) is 4.39 Å². The largest absolute Gasteiger partial charge is 0.350 e. The van der Waals surface area contributed by atoms with Crippen molar-refractivity contribution in [2.45, 2.75) is 39.2 Å². The monoisotopic (exact) mass is 410 g/mol. The van der Waals surface area contributed by atoms with Crippen LogP contribution in [0.5, 0.6) is 0 Å². The SMILES string of the molecule is CC(C)CC(=O)N1CCC(NC(=O)/C=C\c2cc(Br)ccc2F)CC1. The van der Waals surface area contributed by atoms with E-state index in [4.69, 9.17) is 0 Å². The molecule has 4 nitrogen and oxygen atoms in total. The summed E-state index contributed by atoms with van der Waals surface area (Å²) >= 11 is 3.28. The van der Waals surface area contributed by atoms with Crippen LogP contribution in [0.15, 0.2) is 28.7 Å². The minimum atomic E-state index is -0.371. The number of carbonyl (C=O) groups excluding carboxylic acids is 2. The molecule has 136 valence electrons. The Labute approximate surface area is 156 Å². The van der Waals surface area contributed by atoms with Gasteiger partial charge in [-0.05, 0) is 43.0 Å². The van der Waals surface area contributed by atoms with E-state index in [0.717, 1.165) is 17.3 Å². The van der Waals surface area contributed by atoms with Gasteiger partial charge in [-0.3, -0.25) is 9.59 Å². The molecule has 2 rings (SSSR count). The number of likely N-dealkylation sites (tertiary alicyclic amines) is 1. The van der Waals surface area contributed by atoms with E-state index >= 15 is 0 Å².